The Morgan fingerprint density at radius 2 is 1.96 bits per heavy atom. The van der Waals surface area contributed by atoms with Crippen LogP contribution in [-0.2, 0) is 9.53 Å². The zero-order valence-corrected chi connectivity index (χ0v) is 16.2. The van der Waals surface area contributed by atoms with Crippen molar-refractivity contribution in [3.63, 3.8) is 0 Å². The fraction of sp³-hybridized carbons (Fsp3) is 0.611. The molecule has 1 amide bonds. The third-order valence-electron chi connectivity index (χ3n) is 5.12. The summed E-state index contributed by atoms with van der Waals surface area (Å²) in [7, 11) is 0. The number of rotatable bonds is 6. The Bertz CT molecular complexity index is 728. The molecule has 1 unspecified atom stereocenters. The lowest BCUT2D eigenvalue weighted by Crippen LogP contribution is -2.46. The van der Waals surface area contributed by atoms with Crippen LogP contribution in [0.1, 0.15) is 12.8 Å². The van der Waals surface area contributed by atoms with E-state index in [1.165, 1.54) is 0 Å². The largest absolute Gasteiger partial charge is 0.379 e. The minimum Gasteiger partial charge on any atom is -0.379 e. The molecule has 146 valence electrons. The molecule has 4 rings (SSSR count). The van der Waals surface area contributed by atoms with Gasteiger partial charge in [0.2, 0.25) is 16.2 Å². The summed E-state index contributed by atoms with van der Waals surface area (Å²) in [6.07, 6.45) is 5.86. The van der Waals surface area contributed by atoms with Crippen LogP contribution in [0.15, 0.2) is 24.5 Å². The molecule has 8 nitrogen and oxygen atoms in total. The van der Waals surface area contributed by atoms with Crippen LogP contribution in [-0.4, -0.2) is 78.1 Å². The Hall–Kier alpha value is -1.97. The van der Waals surface area contributed by atoms with Crippen molar-refractivity contribution in [2.24, 2.45) is 5.92 Å². The van der Waals surface area contributed by atoms with Gasteiger partial charge < -0.3 is 15.0 Å². The third-order valence-corrected chi connectivity index (χ3v) is 6.12. The molecule has 2 aromatic heterocycles. The molecule has 2 saturated heterocycles. The highest BCUT2D eigenvalue weighted by molar-refractivity contribution is 7.17. The lowest BCUT2D eigenvalue weighted by molar-refractivity contribution is -0.125. The zero-order valence-electron chi connectivity index (χ0n) is 15.4. The smallest absolute Gasteiger partial charge is 0.224 e. The molecule has 27 heavy (non-hydrogen) atoms. The molecule has 2 aliphatic rings. The van der Waals surface area contributed by atoms with Gasteiger partial charge in [-0.1, -0.05) is 11.3 Å². The summed E-state index contributed by atoms with van der Waals surface area (Å²) in [5, 5.41) is 13.5. The van der Waals surface area contributed by atoms with Crippen LogP contribution in [0.2, 0.25) is 0 Å². The first-order chi connectivity index (χ1) is 13.3. The van der Waals surface area contributed by atoms with E-state index in [-0.39, 0.29) is 11.8 Å². The van der Waals surface area contributed by atoms with Gasteiger partial charge in [0.1, 0.15) is 0 Å². The van der Waals surface area contributed by atoms with Crippen LogP contribution in [0, 0.1) is 5.92 Å². The average molecular weight is 391 g/mol. The molecule has 0 spiro atoms. The number of nitrogens with zero attached hydrogens (tertiary/aromatic N) is 5. The van der Waals surface area contributed by atoms with Crippen molar-refractivity contribution < 1.29 is 9.53 Å². The fourth-order valence-corrected chi connectivity index (χ4v) is 4.42. The summed E-state index contributed by atoms with van der Waals surface area (Å²) in [4.78, 5) is 17.1. The quantitative estimate of drug-likeness (QED) is 0.793. The third kappa shape index (κ3) is 4.66. The first kappa shape index (κ1) is 18.4. The van der Waals surface area contributed by atoms with Crippen molar-refractivity contribution in [2.45, 2.75) is 12.8 Å². The van der Waals surface area contributed by atoms with Crippen molar-refractivity contribution >= 4 is 22.4 Å². The monoisotopic (exact) mass is 390 g/mol. The van der Waals surface area contributed by atoms with Crippen LogP contribution in [0.5, 0.6) is 0 Å². The number of carbonyl (C=O) groups excluding carboxylic acids is 1. The van der Waals surface area contributed by atoms with Crippen LogP contribution >= 0.6 is 11.3 Å². The summed E-state index contributed by atoms with van der Waals surface area (Å²) in [6, 6.07) is 3.94. The molecule has 1 N–H and O–H groups in total. The van der Waals surface area contributed by atoms with Crippen LogP contribution in [0.25, 0.3) is 5.13 Å². The molecular weight excluding hydrogens is 364 g/mol. The van der Waals surface area contributed by atoms with E-state index in [0.29, 0.717) is 13.1 Å². The second-order valence-electron chi connectivity index (χ2n) is 6.99. The maximum absolute atomic E-state index is 12.6. The fourth-order valence-electron chi connectivity index (χ4n) is 3.57. The Kier molecular flexibility index (Phi) is 6.00. The topological polar surface area (TPSA) is 75.5 Å². The first-order valence-electron chi connectivity index (χ1n) is 9.59. The van der Waals surface area contributed by atoms with E-state index in [4.69, 9.17) is 4.74 Å². The van der Waals surface area contributed by atoms with Gasteiger partial charge in [-0.05, 0) is 25.0 Å². The maximum atomic E-state index is 12.6. The standard InChI is InChI=1S/C18H26N6O2S/c25-16(19-5-9-22-10-12-26-13-11-22)15-4-3-8-24(14-15)18-21-20-17(27-18)23-6-1-2-7-23/h1-2,6-7,15H,3-5,8-14H2,(H,19,25). The van der Waals surface area contributed by atoms with Gasteiger partial charge in [0, 0.05) is 51.7 Å². The summed E-state index contributed by atoms with van der Waals surface area (Å²) in [5.74, 6) is 0.172. The number of hydrogen-bond acceptors (Lipinski definition) is 7. The summed E-state index contributed by atoms with van der Waals surface area (Å²) < 4.78 is 7.31. The van der Waals surface area contributed by atoms with Crippen LogP contribution in [0.3, 0.4) is 0 Å². The number of aromatic nitrogens is 3. The summed E-state index contributed by atoms with van der Waals surface area (Å²) in [5.41, 5.74) is 0. The highest BCUT2D eigenvalue weighted by Crippen LogP contribution is 2.27. The molecule has 2 fully saturated rings. The minimum atomic E-state index is 0.0161. The van der Waals surface area contributed by atoms with Crippen molar-refractivity contribution in [2.75, 3.05) is 57.4 Å². The van der Waals surface area contributed by atoms with Gasteiger partial charge in [0.05, 0.1) is 19.1 Å². The molecule has 9 heteroatoms. The molecule has 0 bridgehead atoms. The van der Waals surface area contributed by atoms with Gasteiger partial charge in [-0.2, -0.15) is 0 Å². The zero-order chi connectivity index (χ0) is 18.5. The predicted molar refractivity (Wildman–Crippen MR) is 104 cm³/mol. The Morgan fingerprint density at radius 3 is 2.78 bits per heavy atom. The van der Waals surface area contributed by atoms with Crippen molar-refractivity contribution in [3.05, 3.63) is 24.5 Å². The number of amides is 1. The van der Waals surface area contributed by atoms with Gasteiger partial charge >= 0.3 is 0 Å². The van der Waals surface area contributed by atoms with Gasteiger partial charge in [0.15, 0.2) is 0 Å². The molecule has 0 radical (unpaired) electrons. The van der Waals surface area contributed by atoms with Crippen LogP contribution < -0.4 is 10.2 Å². The number of morpholine rings is 1. The molecular formula is C18H26N6O2S. The molecule has 0 aromatic carbocycles. The van der Waals surface area contributed by atoms with E-state index in [9.17, 15) is 4.79 Å². The highest BCUT2D eigenvalue weighted by atomic mass is 32.1. The number of ether oxygens (including phenoxy) is 1. The van der Waals surface area contributed by atoms with E-state index in [1.54, 1.807) is 11.3 Å². The number of hydrogen-bond donors (Lipinski definition) is 1. The molecule has 4 heterocycles. The summed E-state index contributed by atoms with van der Waals surface area (Å²) in [6.45, 7) is 6.72. The minimum absolute atomic E-state index is 0.0161. The number of nitrogens with one attached hydrogen (secondary N) is 1. The lowest BCUT2D eigenvalue weighted by atomic mass is 9.97. The van der Waals surface area contributed by atoms with Gasteiger partial charge in [0.25, 0.3) is 0 Å². The molecule has 2 aromatic rings. The normalized spacial score (nSPS) is 21.3. The van der Waals surface area contributed by atoms with Crippen molar-refractivity contribution in [1.82, 2.24) is 25.0 Å². The number of carbonyl (C=O) groups is 1. The number of piperidine rings is 1. The first-order valence-corrected chi connectivity index (χ1v) is 10.4. The van der Waals surface area contributed by atoms with Crippen LogP contribution in [0.4, 0.5) is 5.13 Å². The van der Waals surface area contributed by atoms with Crippen molar-refractivity contribution in [3.8, 4) is 5.13 Å². The SMILES string of the molecule is O=C(NCCN1CCOCC1)C1CCCN(c2nnc(-n3cccc3)s2)C1. The Balaban J connectivity index is 1.28. The molecule has 1 atom stereocenters. The average Bonchev–Trinajstić information content (AvgIpc) is 3.40. The van der Waals surface area contributed by atoms with E-state index in [1.807, 2.05) is 29.1 Å². The Labute approximate surface area is 163 Å². The van der Waals surface area contributed by atoms with Gasteiger partial charge in [-0.3, -0.25) is 14.3 Å². The van der Waals surface area contributed by atoms with E-state index in [2.05, 4.69) is 25.3 Å². The van der Waals surface area contributed by atoms with Gasteiger partial charge in [-0.15, -0.1) is 10.2 Å². The van der Waals surface area contributed by atoms with E-state index >= 15 is 0 Å². The predicted octanol–water partition coefficient (Wildman–Crippen LogP) is 0.994. The second kappa shape index (κ2) is 8.81. The van der Waals surface area contributed by atoms with E-state index < -0.39 is 0 Å². The van der Waals surface area contributed by atoms with Gasteiger partial charge in [-0.25, -0.2) is 0 Å². The van der Waals surface area contributed by atoms with Crippen molar-refractivity contribution in [1.29, 1.82) is 0 Å². The lowest BCUT2D eigenvalue weighted by Gasteiger charge is -2.31. The number of anilines is 1. The molecule has 0 aliphatic carbocycles. The maximum Gasteiger partial charge on any atom is 0.224 e. The second-order valence-corrected chi connectivity index (χ2v) is 7.92. The highest BCUT2D eigenvalue weighted by Gasteiger charge is 2.27. The Morgan fingerprint density at radius 1 is 1.19 bits per heavy atom. The summed E-state index contributed by atoms with van der Waals surface area (Å²) >= 11 is 1.56. The molecule has 0 saturated carbocycles. The molecule has 2 aliphatic heterocycles. The van der Waals surface area contributed by atoms with E-state index in [0.717, 1.165) is 62.5 Å².